The molecule has 0 aromatic carbocycles. The van der Waals surface area contributed by atoms with Crippen molar-refractivity contribution in [3.63, 3.8) is 0 Å². The summed E-state index contributed by atoms with van der Waals surface area (Å²) in [6, 6.07) is 0. The van der Waals surface area contributed by atoms with E-state index in [0.29, 0.717) is 0 Å². The number of imidazole rings is 1. The Morgan fingerprint density at radius 3 is 2.73 bits per heavy atom. The van der Waals surface area contributed by atoms with Crippen LogP contribution in [0.5, 0.6) is 0 Å². The first-order valence-electron chi connectivity index (χ1n) is 5.70. The van der Waals surface area contributed by atoms with Crippen molar-refractivity contribution in [3.8, 4) is 0 Å². The van der Waals surface area contributed by atoms with Crippen molar-refractivity contribution in [1.29, 1.82) is 0 Å². The van der Waals surface area contributed by atoms with Crippen LogP contribution in [-0.2, 0) is 12.8 Å². The zero-order chi connectivity index (χ0) is 10.9. The standard InChI is InChI=1S/C11H21N3O/c12-7-3-1-5-10-11(14-9-13-10)6-2-4-8-15/h9,15H,1-8,12H2,(H,13,14). The molecule has 4 nitrogen and oxygen atoms in total. The number of aryl methyl sites for hydroxylation is 2. The molecule has 0 saturated heterocycles. The lowest BCUT2D eigenvalue weighted by atomic mass is 10.1. The van der Waals surface area contributed by atoms with Crippen LogP contribution in [-0.4, -0.2) is 28.2 Å². The zero-order valence-electron chi connectivity index (χ0n) is 9.21. The molecule has 0 bridgehead atoms. The van der Waals surface area contributed by atoms with Crippen LogP contribution in [0.3, 0.4) is 0 Å². The maximum absolute atomic E-state index is 8.70. The largest absolute Gasteiger partial charge is 0.396 e. The number of aromatic nitrogens is 2. The van der Waals surface area contributed by atoms with Crippen LogP contribution >= 0.6 is 0 Å². The third-order valence-electron chi connectivity index (χ3n) is 2.51. The van der Waals surface area contributed by atoms with E-state index in [1.165, 1.54) is 5.69 Å². The van der Waals surface area contributed by atoms with Gasteiger partial charge in [-0.15, -0.1) is 0 Å². The van der Waals surface area contributed by atoms with E-state index < -0.39 is 0 Å². The molecule has 4 N–H and O–H groups in total. The Morgan fingerprint density at radius 1 is 1.20 bits per heavy atom. The van der Waals surface area contributed by atoms with Crippen molar-refractivity contribution >= 4 is 0 Å². The molecular weight excluding hydrogens is 190 g/mol. The van der Waals surface area contributed by atoms with E-state index in [-0.39, 0.29) is 6.61 Å². The molecule has 0 spiro atoms. The summed E-state index contributed by atoms with van der Waals surface area (Å²) in [5, 5.41) is 8.70. The number of nitrogens with zero attached hydrogens (tertiary/aromatic N) is 1. The highest BCUT2D eigenvalue weighted by Crippen LogP contribution is 2.10. The number of unbranched alkanes of at least 4 members (excludes halogenated alkanes) is 2. The monoisotopic (exact) mass is 211 g/mol. The molecule has 0 aliphatic rings. The molecule has 0 fully saturated rings. The number of H-pyrrole nitrogens is 1. The third-order valence-corrected chi connectivity index (χ3v) is 2.51. The number of aliphatic hydroxyl groups is 1. The van der Waals surface area contributed by atoms with E-state index in [9.17, 15) is 0 Å². The van der Waals surface area contributed by atoms with Crippen LogP contribution in [0.15, 0.2) is 6.33 Å². The van der Waals surface area contributed by atoms with Gasteiger partial charge in [0.25, 0.3) is 0 Å². The minimum Gasteiger partial charge on any atom is -0.396 e. The summed E-state index contributed by atoms with van der Waals surface area (Å²) in [6.07, 6.45) is 7.79. The minimum absolute atomic E-state index is 0.271. The van der Waals surface area contributed by atoms with E-state index in [4.69, 9.17) is 10.8 Å². The molecule has 0 aliphatic carbocycles. The number of nitrogens with one attached hydrogen (secondary N) is 1. The quantitative estimate of drug-likeness (QED) is 0.562. The lowest BCUT2D eigenvalue weighted by Gasteiger charge is -2.01. The molecule has 0 aliphatic heterocycles. The maximum Gasteiger partial charge on any atom is 0.0925 e. The second kappa shape index (κ2) is 7.43. The molecule has 1 aromatic heterocycles. The highest BCUT2D eigenvalue weighted by molar-refractivity contribution is 5.11. The van der Waals surface area contributed by atoms with Crippen molar-refractivity contribution in [2.75, 3.05) is 13.2 Å². The second-order valence-corrected chi connectivity index (χ2v) is 3.75. The fourth-order valence-electron chi connectivity index (χ4n) is 1.63. The summed E-state index contributed by atoms with van der Waals surface area (Å²) in [5.41, 5.74) is 7.84. The van der Waals surface area contributed by atoms with E-state index >= 15 is 0 Å². The van der Waals surface area contributed by atoms with Gasteiger partial charge < -0.3 is 15.8 Å². The van der Waals surface area contributed by atoms with Crippen LogP contribution in [0.4, 0.5) is 0 Å². The van der Waals surface area contributed by atoms with E-state index in [0.717, 1.165) is 50.8 Å². The Kier molecular flexibility index (Phi) is 6.04. The fourth-order valence-corrected chi connectivity index (χ4v) is 1.63. The summed E-state index contributed by atoms with van der Waals surface area (Å²) in [5.74, 6) is 0. The van der Waals surface area contributed by atoms with Gasteiger partial charge in [0.15, 0.2) is 0 Å². The molecule has 1 rings (SSSR count). The first-order valence-corrected chi connectivity index (χ1v) is 5.70. The lowest BCUT2D eigenvalue weighted by Crippen LogP contribution is -2.00. The van der Waals surface area contributed by atoms with Crippen molar-refractivity contribution in [2.45, 2.75) is 38.5 Å². The van der Waals surface area contributed by atoms with E-state index in [1.807, 2.05) is 0 Å². The highest BCUT2D eigenvalue weighted by Gasteiger charge is 2.04. The third kappa shape index (κ3) is 4.44. The number of hydrogen-bond acceptors (Lipinski definition) is 3. The van der Waals surface area contributed by atoms with Crippen LogP contribution in [0, 0.1) is 0 Å². The van der Waals surface area contributed by atoms with Gasteiger partial charge in [-0.05, 0) is 45.1 Å². The first kappa shape index (κ1) is 12.2. The molecule has 4 heteroatoms. The smallest absolute Gasteiger partial charge is 0.0925 e. The first-order chi connectivity index (χ1) is 7.38. The lowest BCUT2D eigenvalue weighted by molar-refractivity contribution is 0.284. The predicted molar refractivity (Wildman–Crippen MR) is 60.6 cm³/mol. The van der Waals surface area contributed by atoms with Crippen LogP contribution < -0.4 is 5.73 Å². The van der Waals surface area contributed by atoms with E-state index in [2.05, 4.69) is 9.97 Å². The molecule has 1 heterocycles. The summed E-state index contributed by atoms with van der Waals surface area (Å²) in [7, 11) is 0. The Balaban J connectivity index is 2.32. The topological polar surface area (TPSA) is 74.9 Å². The maximum atomic E-state index is 8.70. The van der Waals surface area contributed by atoms with Gasteiger partial charge in [-0.25, -0.2) is 4.98 Å². The van der Waals surface area contributed by atoms with Crippen LogP contribution in [0.2, 0.25) is 0 Å². The summed E-state index contributed by atoms with van der Waals surface area (Å²) < 4.78 is 0. The van der Waals surface area contributed by atoms with Gasteiger partial charge in [0.05, 0.1) is 12.0 Å². The normalized spacial score (nSPS) is 10.8. The molecule has 0 saturated carbocycles. The SMILES string of the molecule is NCCCCc1[nH]cnc1CCCCO. The minimum atomic E-state index is 0.271. The van der Waals surface area contributed by atoms with Gasteiger partial charge in [0.2, 0.25) is 0 Å². The van der Waals surface area contributed by atoms with Gasteiger partial charge in [-0.2, -0.15) is 0 Å². The summed E-state index contributed by atoms with van der Waals surface area (Å²) in [4.78, 5) is 7.48. The number of hydrogen-bond donors (Lipinski definition) is 3. The molecule has 0 unspecified atom stereocenters. The molecule has 0 atom stereocenters. The van der Waals surface area contributed by atoms with Crippen LogP contribution in [0.1, 0.15) is 37.1 Å². The zero-order valence-corrected chi connectivity index (χ0v) is 9.21. The molecule has 0 radical (unpaired) electrons. The Hall–Kier alpha value is -0.870. The average Bonchev–Trinajstić information content (AvgIpc) is 2.67. The van der Waals surface area contributed by atoms with E-state index in [1.54, 1.807) is 6.33 Å². The van der Waals surface area contributed by atoms with Gasteiger partial charge in [-0.1, -0.05) is 0 Å². The second-order valence-electron chi connectivity index (χ2n) is 3.75. The molecule has 0 amide bonds. The highest BCUT2D eigenvalue weighted by atomic mass is 16.2. The Morgan fingerprint density at radius 2 is 2.00 bits per heavy atom. The molecule has 15 heavy (non-hydrogen) atoms. The van der Waals surface area contributed by atoms with Gasteiger partial charge in [0.1, 0.15) is 0 Å². The molecule has 1 aromatic rings. The Bertz CT molecular complexity index is 236. The van der Waals surface area contributed by atoms with Crippen molar-refractivity contribution in [2.24, 2.45) is 5.73 Å². The van der Waals surface area contributed by atoms with Gasteiger partial charge >= 0.3 is 0 Å². The molecule has 86 valence electrons. The predicted octanol–water partition coefficient (Wildman–Crippen LogP) is 1.01. The van der Waals surface area contributed by atoms with Gasteiger partial charge in [0, 0.05) is 12.3 Å². The average molecular weight is 211 g/mol. The van der Waals surface area contributed by atoms with Gasteiger partial charge in [-0.3, -0.25) is 0 Å². The van der Waals surface area contributed by atoms with Crippen molar-refractivity contribution in [3.05, 3.63) is 17.7 Å². The molecular formula is C11H21N3O. The van der Waals surface area contributed by atoms with Crippen molar-refractivity contribution < 1.29 is 5.11 Å². The number of aromatic amines is 1. The van der Waals surface area contributed by atoms with Crippen LogP contribution in [0.25, 0.3) is 0 Å². The number of nitrogens with two attached hydrogens (primary N) is 1. The fraction of sp³-hybridized carbons (Fsp3) is 0.727. The van der Waals surface area contributed by atoms with Crippen molar-refractivity contribution in [1.82, 2.24) is 9.97 Å². The number of rotatable bonds is 8. The number of aliphatic hydroxyl groups excluding tert-OH is 1. The summed E-state index contributed by atoms with van der Waals surface area (Å²) >= 11 is 0. The Labute approximate surface area is 90.9 Å². The summed E-state index contributed by atoms with van der Waals surface area (Å²) in [6.45, 7) is 1.03.